The minimum atomic E-state index is -1.08. The fourth-order valence-corrected chi connectivity index (χ4v) is 2.21. The Labute approximate surface area is 152 Å². The Balaban J connectivity index is 1.70. The molecule has 0 fully saturated rings. The van der Waals surface area contributed by atoms with Crippen molar-refractivity contribution < 1.29 is 22.6 Å². The van der Waals surface area contributed by atoms with E-state index in [1.54, 1.807) is 13.0 Å². The average molecular weight is 381 g/mol. The third-order valence-corrected chi connectivity index (χ3v) is 3.57. The second-order valence-electron chi connectivity index (χ2n) is 5.36. The SMILES string of the molecule is Cc1cnc(Cl)nc1OCc1ccc(Oc2ccc(F)c(F)c2)c(F)c1. The molecule has 3 rings (SSSR count). The van der Waals surface area contributed by atoms with Crippen molar-refractivity contribution in [2.75, 3.05) is 0 Å². The van der Waals surface area contributed by atoms with Crippen LogP contribution in [0.25, 0.3) is 0 Å². The van der Waals surface area contributed by atoms with Crippen LogP contribution in [0, 0.1) is 24.4 Å². The molecule has 8 heteroatoms. The number of benzene rings is 2. The molecule has 0 aliphatic heterocycles. The van der Waals surface area contributed by atoms with Crippen molar-refractivity contribution in [2.24, 2.45) is 0 Å². The quantitative estimate of drug-likeness (QED) is 0.569. The smallest absolute Gasteiger partial charge is 0.225 e. The molecule has 1 aromatic heterocycles. The first-order valence-electron chi connectivity index (χ1n) is 7.45. The van der Waals surface area contributed by atoms with Crippen LogP contribution in [0.2, 0.25) is 5.28 Å². The molecule has 0 aliphatic carbocycles. The predicted octanol–water partition coefficient (Wildman–Crippen LogP) is 5.23. The summed E-state index contributed by atoms with van der Waals surface area (Å²) in [7, 11) is 0. The third-order valence-electron chi connectivity index (χ3n) is 3.39. The van der Waals surface area contributed by atoms with Gasteiger partial charge in [0.25, 0.3) is 0 Å². The summed E-state index contributed by atoms with van der Waals surface area (Å²) < 4.78 is 51.0. The van der Waals surface area contributed by atoms with Gasteiger partial charge in [-0.15, -0.1) is 0 Å². The summed E-state index contributed by atoms with van der Waals surface area (Å²) in [6.45, 7) is 1.81. The topological polar surface area (TPSA) is 44.2 Å². The van der Waals surface area contributed by atoms with E-state index < -0.39 is 17.5 Å². The molecular formula is C18H12ClF3N2O2. The Morgan fingerprint density at radius 1 is 1.00 bits per heavy atom. The van der Waals surface area contributed by atoms with Gasteiger partial charge in [0.1, 0.15) is 12.4 Å². The zero-order valence-corrected chi connectivity index (χ0v) is 14.2. The largest absolute Gasteiger partial charge is 0.472 e. The monoisotopic (exact) mass is 380 g/mol. The second-order valence-corrected chi connectivity index (χ2v) is 5.70. The third kappa shape index (κ3) is 4.23. The summed E-state index contributed by atoms with van der Waals surface area (Å²) in [5, 5.41) is 0.0482. The van der Waals surface area contributed by atoms with E-state index in [-0.39, 0.29) is 23.4 Å². The van der Waals surface area contributed by atoms with Crippen molar-refractivity contribution in [1.29, 1.82) is 0 Å². The second kappa shape index (κ2) is 7.61. The van der Waals surface area contributed by atoms with Crippen LogP contribution in [0.1, 0.15) is 11.1 Å². The first-order valence-corrected chi connectivity index (χ1v) is 7.83. The summed E-state index contributed by atoms with van der Waals surface area (Å²) >= 11 is 5.71. The molecule has 0 spiro atoms. The normalized spacial score (nSPS) is 10.7. The van der Waals surface area contributed by atoms with Gasteiger partial charge in [0.05, 0.1) is 0 Å². The average Bonchev–Trinajstić information content (AvgIpc) is 2.61. The molecular weight excluding hydrogens is 369 g/mol. The molecule has 0 atom stereocenters. The summed E-state index contributed by atoms with van der Waals surface area (Å²) in [6.07, 6.45) is 1.52. The van der Waals surface area contributed by atoms with E-state index in [0.717, 1.165) is 12.1 Å². The molecule has 0 unspecified atom stereocenters. The molecule has 0 saturated heterocycles. The van der Waals surface area contributed by atoms with Gasteiger partial charge in [0, 0.05) is 17.8 Å². The molecule has 0 amide bonds. The lowest BCUT2D eigenvalue weighted by Crippen LogP contribution is -2.01. The van der Waals surface area contributed by atoms with Crippen LogP contribution in [-0.4, -0.2) is 9.97 Å². The molecule has 0 saturated carbocycles. The van der Waals surface area contributed by atoms with Gasteiger partial charge in [-0.25, -0.2) is 18.2 Å². The van der Waals surface area contributed by atoms with Crippen molar-refractivity contribution >= 4 is 11.6 Å². The van der Waals surface area contributed by atoms with Gasteiger partial charge in [-0.2, -0.15) is 4.98 Å². The minimum Gasteiger partial charge on any atom is -0.472 e. The van der Waals surface area contributed by atoms with E-state index in [9.17, 15) is 13.2 Å². The van der Waals surface area contributed by atoms with E-state index in [0.29, 0.717) is 17.0 Å². The number of aryl methyl sites for hydroxylation is 1. The maximum absolute atomic E-state index is 14.2. The van der Waals surface area contributed by atoms with E-state index in [2.05, 4.69) is 9.97 Å². The van der Waals surface area contributed by atoms with Crippen LogP contribution in [-0.2, 0) is 6.61 Å². The molecule has 3 aromatic rings. The molecule has 0 bridgehead atoms. The van der Waals surface area contributed by atoms with E-state index >= 15 is 0 Å². The van der Waals surface area contributed by atoms with Crippen LogP contribution in [0.3, 0.4) is 0 Å². The Morgan fingerprint density at radius 2 is 1.81 bits per heavy atom. The van der Waals surface area contributed by atoms with Gasteiger partial charge in [-0.05, 0) is 48.4 Å². The van der Waals surface area contributed by atoms with Crippen molar-refractivity contribution in [2.45, 2.75) is 13.5 Å². The van der Waals surface area contributed by atoms with E-state index in [1.807, 2.05) is 0 Å². The van der Waals surface area contributed by atoms with Crippen LogP contribution in [0.4, 0.5) is 13.2 Å². The van der Waals surface area contributed by atoms with Crippen LogP contribution in [0.15, 0.2) is 42.6 Å². The van der Waals surface area contributed by atoms with Gasteiger partial charge >= 0.3 is 0 Å². The Kier molecular flexibility index (Phi) is 5.27. The van der Waals surface area contributed by atoms with Gasteiger partial charge in [0.15, 0.2) is 23.2 Å². The zero-order chi connectivity index (χ0) is 18.7. The number of aromatic nitrogens is 2. The molecule has 26 heavy (non-hydrogen) atoms. The predicted molar refractivity (Wildman–Crippen MR) is 88.9 cm³/mol. The molecule has 1 heterocycles. The number of ether oxygens (including phenoxy) is 2. The number of hydrogen-bond donors (Lipinski definition) is 0. The highest BCUT2D eigenvalue weighted by Gasteiger charge is 2.10. The standard InChI is InChI=1S/C18H12ClF3N2O2/c1-10-8-23-18(19)24-17(10)25-9-11-2-5-16(15(22)6-11)26-12-3-4-13(20)14(21)7-12/h2-8H,9H2,1H3. The first-order chi connectivity index (χ1) is 12.4. The lowest BCUT2D eigenvalue weighted by molar-refractivity contribution is 0.290. The summed E-state index contributed by atoms with van der Waals surface area (Å²) in [5.41, 5.74) is 1.21. The lowest BCUT2D eigenvalue weighted by Gasteiger charge is -2.10. The van der Waals surface area contributed by atoms with Gasteiger partial charge in [0.2, 0.25) is 11.2 Å². The van der Waals surface area contributed by atoms with Crippen molar-refractivity contribution in [3.63, 3.8) is 0 Å². The fourth-order valence-electron chi connectivity index (χ4n) is 2.09. The number of halogens is 4. The van der Waals surface area contributed by atoms with E-state index in [4.69, 9.17) is 21.1 Å². The fraction of sp³-hybridized carbons (Fsp3) is 0.111. The lowest BCUT2D eigenvalue weighted by atomic mass is 10.2. The maximum atomic E-state index is 14.2. The Bertz CT molecular complexity index is 954. The highest BCUT2D eigenvalue weighted by molar-refractivity contribution is 6.28. The van der Waals surface area contributed by atoms with Gasteiger partial charge in [-0.3, -0.25) is 0 Å². The number of nitrogens with zero attached hydrogens (tertiary/aromatic N) is 2. The molecule has 0 radical (unpaired) electrons. The summed E-state index contributed by atoms with van der Waals surface area (Å²) in [4.78, 5) is 7.77. The highest BCUT2D eigenvalue weighted by atomic mass is 35.5. The van der Waals surface area contributed by atoms with Crippen molar-refractivity contribution in [3.05, 3.63) is 76.5 Å². The maximum Gasteiger partial charge on any atom is 0.225 e. The van der Waals surface area contributed by atoms with E-state index in [1.165, 1.54) is 24.4 Å². The zero-order valence-electron chi connectivity index (χ0n) is 13.5. The number of hydrogen-bond acceptors (Lipinski definition) is 4. The first kappa shape index (κ1) is 18.0. The highest BCUT2D eigenvalue weighted by Crippen LogP contribution is 2.27. The van der Waals surface area contributed by atoms with Crippen LogP contribution in [0.5, 0.6) is 17.4 Å². The summed E-state index contributed by atoms with van der Waals surface area (Å²) in [5.74, 6) is -2.60. The summed E-state index contributed by atoms with van der Waals surface area (Å²) in [6, 6.07) is 7.11. The van der Waals surface area contributed by atoms with Crippen molar-refractivity contribution in [1.82, 2.24) is 9.97 Å². The minimum absolute atomic E-state index is 0.0157. The molecule has 0 N–H and O–H groups in total. The van der Waals surface area contributed by atoms with Crippen LogP contribution >= 0.6 is 11.6 Å². The Hall–Kier alpha value is -2.80. The molecule has 4 nitrogen and oxygen atoms in total. The Morgan fingerprint density at radius 3 is 2.54 bits per heavy atom. The van der Waals surface area contributed by atoms with Gasteiger partial charge in [-0.1, -0.05) is 6.07 Å². The number of rotatable bonds is 5. The molecule has 0 aliphatic rings. The van der Waals surface area contributed by atoms with Crippen molar-refractivity contribution in [3.8, 4) is 17.4 Å². The molecule has 2 aromatic carbocycles. The molecule has 134 valence electrons. The van der Waals surface area contributed by atoms with Gasteiger partial charge < -0.3 is 9.47 Å². The van der Waals surface area contributed by atoms with Crippen LogP contribution < -0.4 is 9.47 Å².